The molecule has 0 heterocycles. The summed E-state index contributed by atoms with van der Waals surface area (Å²) in [6, 6.07) is 8.94. The summed E-state index contributed by atoms with van der Waals surface area (Å²) in [4.78, 5) is 0. The van der Waals surface area contributed by atoms with Crippen LogP contribution in [0.2, 0.25) is 0 Å². The predicted octanol–water partition coefficient (Wildman–Crippen LogP) is 3.94. The first-order chi connectivity index (χ1) is 10.2. The van der Waals surface area contributed by atoms with Gasteiger partial charge >= 0.3 is 0 Å². The van der Waals surface area contributed by atoms with Gasteiger partial charge in [-0.3, -0.25) is 0 Å². The van der Waals surface area contributed by atoms with E-state index in [0.717, 1.165) is 31.2 Å². The lowest BCUT2D eigenvalue weighted by molar-refractivity contribution is 0.0483. The average Bonchev–Trinajstić information content (AvgIpc) is 3.30. The summed E-state index contributed by atoms with van der Waals surface area (Å²) in [5, 5.41) is 3.58. The quantitative estimate of drug-likeness (QED) is 0.662. The van der Waals surface area contributed by atoms with Crippen molar-refractivity contribution >= 4 is 0 Å². The third-order valence-corrected chi connectivity index (χ3v) is 3.88. The largest absolute Gasteiger partial charge is 0.497 e. The van der Waals surface area contributed by atoms with Gasteiger partial charge in [0.15, 0.2) is 0 Å². The summed E-state index contributed by atoms with van der Waals surface area (Å²) in [6.45, 7) is 6.23. The highest BCUT2D eigenvalue weighted by Gasteiger charge is 2.23. The van der Waals surface area contributed by atoms with Crippen LogP contribution in [0.25, 0.3) is 0 Å². The molecule has 0 radical (unpaired) electrons. The van der Waals surface area contributed by atoms with E-state index in [1.807, 2.05) is 12.1 Å². The van der Waals surface area contributed by atoms with Crippen LogP contribution in [0.1, 0.15) is 51.2 Å². The number of nitrogens with one attached hydrogen (secondary N) is 1. The molecule has 1 N–H and O–H groups in total. The molecule has 0 amide bonds. The van der Waals surface area contributed by atoms with E-state index in [1.165, 1.54) is 24.8 Å². The topological polar surface area (TPSA) is 30.5 Å². The van der Waals surface area contributed by atoms with Crippen molar-refractivity contribution in [3.05, 3.63) is 29.8 Å². The van der Waals surface area contributed by atoms with Crippen LogP contribution >= 0.6 is 0 Å². The highest BCUT2D eigenvalue weighted by molar-refractivity contribution is 5.30. The highest BCUT2D eigenvalue weighted by Crippen LogP contribution is 2.24. The standard InChI is InChI=1S/C18H29NO2/c1-14(2)6-5-11-21-18(13-19-16-9-10-16)15-7-4-8-17(12-15)20-3/h4,7-8,12,14,16,18-19H,5-6,9-11,13H2,1-3H3. The summed E-state index contributed by atoms with van der Waals surface area (Å²) in [5.74, 6) is 1.64. The molecule has 1 aliphatic rings. The van der Waals surface area contributed by atoms with Crippen molar-refractivity contribution in [3.63, 3.8) is 0 Å². The number of methoxy groups -OCH3 is 1. The van der Waals surface area contributed by atoms with Gasteiger partial charge in [0.25, 0.3) is 0 Å². The first-order valence-corrected chi connectivity index (χ1v) is 8.18. The lowest BCUT2D eigenvalue weighted by Crippen LogP contribution is -2.25. The van der Waals surface area contributed by atoms with E-state index in [9.17, 15) is 0 Å². The zero-order valence-corrected chi connectivity index (χ0v) is 13.6. The van der Waals surface area contributed by atoms with E-state index in [0.29, 0.717) is 6.04 Å². The smallest absolute Gasteiger partial charge is 0.119 e. The second-order valence-electron chi connectivity index (χ2n) is 6.35. The molecule has 3 nitrogen and oxygen atoms in total. The molecular formula is C18H29NO2. The number of hydrogen-bond acceptors (Lipinski definition) is 3. The third kappa shape index (κ3) is 6.06. The van der Waals surface area contributed by atoms with Crippen molar-refractivity contribution in [1.29, 1.82) is 0 Å². The van der Waals surface area contributed by atoms with Crippen LogP contribution in [-0.2, 0) is 4.74 Å². The van der Waals surface area contributed by atoms with Gasteiger partial charge in [-0.05, 0) is 49.3 Å². The van der Waals surface area contributed by atoms with Crippen molar-refractivity contribution in [2.45, 2.75) is 51.7 Å². The SMILES string of the molecule is COc1cccc(C(CNC2CC2)OCCCC(C)C)c1. The molecule has 1 aromatic carbocycles. The molecule has 0 bridgehead atoms. The van der Waals surface area contributed by atoms with E-state index >= 15 is 0 Å². The molecule has 1 atom stereocenters. The molecule has 0 aromatic heterocycles. The molecule has 1 aromatic rings. The van der Waals surface area contributed by atoms with E-state index in [2.05, 4.69) is 31.3 Å². The van der Waals surface area contributed by atoms with Crippen LogP contribution < -0.4 is 10.1 Å². The van der Waals surface area contributed by atoms with Crippen molar-refractivity contribution in [2.24, 2.45) is 5.92 Å². The molecule has 1 aliphatic carbocycles. The van der Waals surface area contributed by atoms with Gasteiger partial charge in [0.05, 0.1) is 13.2 Å². The van der Waals surface area contributed by atoms with Gasteiger partial charge in [-0.2, -0.15) is 0 Å². The molecule has 0 aliphatic heterocycles. The maximum absolute atomic E-state index is 6.14. The zero-order chi connectivity index (χ0) is 15.1. The summed E-state index contributed by atoms with van der Waals surface area (Å²) in [6.07, 6.45) is 5.08. The molecule has 118 valence electrons. The Kier molecular flexibility index (Phi) is 6.52. The Morgan fingerprint density at radius 3 is 2.76 bits per heavy atom. The van der Waals surface area contributed by atoms with Crippen LogP contribution in [0.15, 0.2) is 24.3 Å². The molecule has 2 rings (SSSR count). The molecule has 1 unspecified atom stereocenters. The number of ether oxygens (including phenoxy) is 2. The zero-order valence-electron chi connectivity index (χ0n) is 13.6. The second-order valence-corrected chi connectivity index (χ2v) is 6.35. The fourth-order valence-electron chi connectivity index (χ4n) is 2.39. The number of hydrogen-bond donors (Lipinski definition) is 1. The average molecular weight is 291 g/mol. The summed E-state index contributed by atoms with van der Waals surface area (Å²) in [7, 11) is 1.71. The lowest BCUT2D eigenvalue weighted by Gasteiger charge is -2.20. The first-order valence-electron chi connectivity index (χ1n) is 8.18. The summed E-state index contributed by atoms with van der Waals surface area (Å²) >= 11 is 0. The fraction of sp³-hybridized carbons (Fsp3) is 0.667. The van der Waals surface area contributed by atoms with Crippen molar-refractivity contribution in [2.75, 3.05) is 20.3 Å². The monoisotopic (exact) mass is 291 g/mol. The van der Waals surface area contributed by atoms with Gasteiger partial charge in [-0.25, -0.2) is 0 Å². The summed E-state index contributed by atoms with van der Waals surface area (Å²) < 4.78 is 11.5. The van der Waals surface area contributed by atoms with E-state index < -0.39 is 0 Å². The molecule has 3 heteroatoms. The first kappa shape index (κ1) is 16.3. The normalized spacial score (nSPS) is 16.2. The molecule has 0 spiro atoms. The Morgan fingerprint density at radius 2 is 2.10 bits per heavy atom. The molecule has 1 saturated carbocycles. The van der Waals surface area contributed by atoms with E-state index in [4.69, 9.17) is 9.47 Å². The van der Waals surface area contributed by atoms with Gasteiger partial charge in [0, 0.05) is 19.2 Å². The molecule has 1 fully saturated rings. The fourth-order valence-corrected chi connectivity index (χ4v) is 2.39. The van der Waals surface area contributed by atoms with E-state index in [1.54, 1.807) is 7.11 Å². The summed E-state index contributed by atoms with van der Waals surface area (Å²) in [5.41, 5.74) is 1.20. The van der Waals surface area contributed by atoms with Gasteiger partial charge in [-0.1, -0.05) is 26.0 Å². The van der Waals surface area contributed by atoms with Crippen molar-refractivity contribution in [1.82, 2.24) is 5.32 Å². The second kappa shape index (κ2) is 8.40. The third-order valence-electron chi connectivity index (χ3n) is 3.88. The molecule has 0 saturated heterocycles. The van der Waals surface area contributed by atoms with Crippen LogP contribution in [0.4, 0.5) is 0 Å². The minimum absolute atomic E-state index is 0.118. The van der Waals surface area contributed by atoms with Gasteiger partial charge in [0.2, 0.25) is 0 Å². The Balaban J connectivity index is 1.89. The van der Waals surface area contributed by atoms with Crippen molar-refractivity contribution < 1.29 is 9.47 Å². The van der Waals surface area contributed by atoms with Crippen molar-refractivity contribution in [3.8, 4) is 5.75 Å². The number of benzene rings is 1. The maximum atomic E-state index is 6.14. The van der Waals surface area contributed by atoms with Crippen LogP contribution in [0.3, 0.4) is 0 Å². The maximum Gasteiger partial charge on any atom is 0.119 e. The Bertz CT molecular complexity index is 415. The Morgan fingerprint density at radius 1 is 1.29 bits per heavy atom. The number of rotatable bonds is 10. The predicted molar refractivity (Wildman–Crippen MR) is 86.8 cm³/mol. The minimum Gasteiger partial charge on any atom is -0.497 e. The van der Waals surface area contributed by atoms with Gasteiger partial charge in [-0.15, -0.1) is 0 Å². The molecular weight excluding hydrogens is 262 g/mol. The van der Waals surface area contributed by atoms with Crippen LogP contribution in [0.5, 0.6) is 5.75 Å². The van der Waals surface area contributed by atoms with Crippen LogP contribution in [0, 0.1) is 5.92 Å². The Labute approximate surface area is 129 Å². The Hall–Kier alpha value is -1.06. The van der Waals surface area contributed by atoms with Crippen LogP contribution in [-0.4, -0.2) is 26.3 Å². The molecule has 21 heavy (non-hydrogen) atoms. The minimum atomic E-state index is 0.118. The lowest BCUT2D eigenvalue weighted by atomic mass is 10.1. The van der Waals surface area contributed by atoms with Gasteiger partial charge < -0.3 is 14.8 Å². The highest BCUT2D eigenvalue weighted by atomic mass is 16.5. The van der Waals surface area contributed by atoms with Gasteiger partial charge in [0.1, 0.15) is 5.75 Å². The van der Waals surface area contributed by atoms with E-state index in [-0.39, 0.29) is 6.10 Å².